The lowest BCUT2D eigenvalue weighted by atomic mass is 9.82. The Labute approximate surface area is 188 Å². The normalized spacial score (nSPS) is 21.5. The molecule has 1 N–H and O–H groups in total. The molecular formula is C25H38ClN3O. The van der Waals surface area contributed by atoms with Gasteiger partial charge in [0.2, 0.25) is 0 Å². The second-order valence-electron chi connectivity index (χ2n) is 9.95. The van der Waals surface area contributed by atoms with E-state index >= 15 is 0 Å². The molecule has 0 bridgehead atoms. The van der Waals surface area contributed by atoms with Crippen LogP contribution in [0.5, 0.6) is 0 Å². The number of hydrogen-bond acceptors (Lipinski definition) is 4. The van der Waals surface area contributed by atoms with Gasteiger partial charge in [0.15, 0.2) is 0 Å². The number of nitrogens with zero attached hydrogens (tertiary/aromatic N) is 2. The van der Waals surface area contributed by atoms with Gasteiger partial charge in [0, 0.05) is 17.1 Å². The van der Waals surface area contributed by atoms with E-state index in [1.165, 1.54) is 32.1 Å². The minimum Gasteiger partial charge on any atom is -0.361 e. The second kappa shape index (κ2) is 10.5. The summed E-state index contributed by atoms with van der Waals surface area (Å²) >= 11 is 6.62. The molecule has 1 aliphatic heterocycles. The van der Waals surface area contributed by atoms with Crippen molar-refractivity contribution in [2.24, 2.45) is 5.41 Å². The highest BCUT2D eigenvalue weighted by Crippen LogP contribution is 2.37. The monoisotopic (exact) mass is 431 g/mol. The molecule has 1 aromatic carbocycles. The number of rotatable bonds is 7. The van der Waals surface area contributed by atoms with Crippen LogP contribution in [0.15, 0.2) is 18.2 Å². The van der Waals surface area contributed by atoms with Gasteiger partial charge in [-0.2, -0.15) is 0 Å². The van der Waals surface area contributed by atoms with Crippen LogP contribution >= 0.6 is 11.6 Å². The van der Waals surface area contributed by atoms with Crippen LogP contribution in [0.25, 0.3) is 0 Å². The molecule has 30 heavy (non-hydrogen) atoms. The van der Waals surface area contributed by atoms with Crippen LogP contribution < -0.4 is 5.43 Å². The molecule has 0 radical (unpaired) electrons. The lowest BCUT2D eigenvalue weighted by Gasteiger charge is -2.40. The Morgan fingerprint density at radius 1 is 1.27 bits per heavy atom. The lowest BCUT2D eigenvalue weighted by Crippen LogP contribution is -2.49. The molecule has 5 heteroatoms. The fraction of sp³-hybridized carbons (Fsp3) is 0.680. The van der Waals surface area contributed by atoms with Crippen LogP contribution in [0, 0.1) is 24.7 Å². The quantitative estimate of drug-likeness (QED) is 0.575. The van der Waals surface area contributed by atoms with Crippen LogP contribution in [0.2, 0.25) is 5.02 Å². The Balaban J connectivity index is 1.77. The summed E-state index contributed by atoms with van der Waals surface area (Å²) in [5.41, 5.74) is 5.92. The van der Waals surface area contributed by atoms with E-state index in [1.807, 2.05) is 6.07 Å². The second-order valence-corrected chi connectivity index (χ2v) is 10.4. The molecule has 1 aromatic rings. The molecule has 0 aromatic heterocycles. The SMILES string of the molecule is C#CCOC(CC(N1CN(C2CCCCC2)CN1)C(C)(C)C)c1ccc(C)cc1Cl. The van der Waals surface area contributed by atoms with Crippen molar-refractivity contribution in [1.82, 2.24) is 15.3 Å². The number of terminal acetylenes is 1. The fourth-order valence-corrected chi connectivity index (χ4v) is 5.21. The third-order valence-electron chi connectivity index (χ3n) is 6.59. The van der Waals surface area contributed by atoms with Crippen LogP contribution in [0.3, 0.4) is 0 Å². The predicted molar refractivity (Wildman–Crippen MR) is 125 cm³/mol. The van der Waals surface area contributed by atoms with Gasteiger partial charge in [-0.3, -0.25) is 4.90 Å². The summed E-state index contributed by atoms with van der Waals surface area (Å²) < 4.78 is 6.14. The Kier molecular flexibility index (Phi) is 8.24. The summed E-state index contributed by atoms with van der Waals surface area (Å²) in [5.74, 6) is 2.63. The van der Waals surface area contributed by atoms with E-state index in [1.54, 1.807) is 0 Å². The summed E-state index contributed by atoms with van der Waals surface area (Å²) in [4.78, 5) is 2.61. The van der Waals surface area contributed by atoms with Crippen molar-refractivity contribution >= 4 is 11.6 Å². The van der Waals surface area contributed by atoms with E-state index in [2.05, 4.69) is 61.1 Å². The average Bonchev–Trinajstić information content (AvgIpc) is 3.18. The molecule has 1 heterocycles. The maximum Gasteiger partial charge on any atom is 0.108 e. The van der Waals surface area contributed by atoms with Gasteiger partial charge in [-0.1, -0.05) is 69.7 Å². The number of aryl methyl sites for hydroxylation is 1. The van der Waals surface area contributed by atoms with Gasteiger partial charge in [0.1, 0.15) is 6.61 Å². The van der Waals surface area contributed by atoms with E-state index in [9.17, 15) is 0 Å². The van der Waals surface area contributed by atoms with E-state index in [-0.39, 0.29) is 24.2 Å². The minimum absolute atomic E-state index is 0.0739. The van der Waals surface area contributed by atoms with Crippen molar-refractivity contribution in [2.75, 3.05) is 19.9 Å². The van der Waals surface area contributed by atoms with Gasteiger partial charge in [-0.15, -0.1) is 6.42 Å². The van der Waals surface area contributed by atoms with E-state index in [0.717, 1.165) is 35.9 Å². The van der Waals surface area contributed by atoms with Gasteiger partial charge in [0.05, 0.1) is 19.4 Å². The first-order chi connectivity index (χ1) is 14.3. The number of hydrogen-bond donors (Lipinski definition) is 1. The molecule has 2 fully saturated rings. The molecule has 166 valence electrons. The largest absolute Gasteiger partial charge is 0.361 e. The lowest BCUT2D eigenvalue weighted by molar-refractivity contribution is -0.00367. The predicted octanol–water partition coefficient (Wildman–Crippen LogP) is 5.51. The molecule has 2 aliphatic rings. The Morgan fingerprint density at radius 2 is 2.00 bits per heavy atom. The summed E-state index contributed by atoms with van der Waals surface area (Å²) in [6.07, 6.45) is 13.0. The third-order valence-corrected chi connectivity index (χ3v) is 6.91. The number of ether oxygens (including phenoxy) is 1. The molecule has 0 amide bonds. The van der Waals surface area contributed by atoms with Crippen molar-refractivity contribution in [2.45, 2.75) is 84.4 Å². The summed E-state index contributed by atoms with van der Waals surface area (Å²) in [5, 5.41) is 3.17. The van der Waals surface area contributed by atoms with Crippen molar-refractivity contribution in [3.8, 4) is 12.3 Å². The van der Waals surface area contributed by atoms with Crippen molar-refractivity contribution in [1.29, 1.82) is 0 Å². The van der Waals surface area contributed by atoms with Gasteiger partial charge in [0.25, 0.3) is 0 Å². The first-order valence-electron chi connectivity index (χ1n) is 11.3. The maximum atomic E-state index is 6.62. The zero-order valence-corrected chi connectivity index (χ0v) is 19.8. The van der Waals surface area contributed by atoms with Crippen LogP contribution in [-0.4, -0.2) is 41.9 Å². The van der Waals surface area contributed by atoms with Crippen molar-refractivity contribution in [3.63, 3.8) is 0 Å². The van der Waals surface area contributed by atoms with Gasteiger partial charge >= 0.3 is 0 Å². The Hall–Kier alpha value is -1.09. The Morgan fingerprint density at radius 3 is 2.63 bits per heavy atom. The number of nitrogens with one attached hydrogen (secondary N) is 1. The van der Waals surface area contributed by atoms with E-state index in [0.29, 0.717) is 6.04 Å². The molecule has 2 unspecified atom stereocenters. The van der Waals surface area contributed by atoms with Crippen LogP contribution in [0.1, 0.15) is 76.5 Å². The number of halogens is 1. The first-order valence-corrected chi connectivity index (χ1v) is 11.7. The highest BCUT2D eigenvalue weighted by Gasteiger charge is 2.38. The smallest absolute Gasteiger partial charge is 0.108 e. The van der Waals surface area contributed by atoms with E-state index in [4.69, 9.17) is 22.8 Å². The molecule has 1 saturated carbocycles. The first kappa shape index (κ1) is 23.6. The highest BCUT2D eigenvalue weighted by atomic mass is 35.5. The summed E-state index contributed by atoms with van der Waals surface area (Å²) in [7, 11) is 0. The van der Waals surface area contributed by atoms with Crippen LogP contribution in [0.4, 0.5) is 0 Å². The molecule has 1 saturated heterocycles. The average molecular weight is 432 g/mol. The van der Waals surface area contributed by atoms with Crippen molar-refractivity contribution < 1.29 is 4.74 Å². The van der Waals surface area contributed by atoms with Crippen LogP contribution in [-0.2, 0) is 4.74 Å². The van der Waals surface area contributed by atoms with E-state index < -0.39 is 0 Å². The molecule has 1 aliphatic carbocycles. The summed E-state index contributed by atoms with van der Waals surface area (Å²) in [6.45, 7) is 11.1. The zero-order chi connectivity index (χ0) is 21.7. The van der Waals surface area contributed by atoms with Gasteiger partial charge in [-0.25, -0.2) is 10.4 Å². The Bertz CT molecular complexity index is 733. The number of hydrazine groups is 1. The number of benzene rings is 1. The topological polar surface area (TPSA) is 27.7 Å². The standard InChI is InChI=1S/C25H38ClN3O/c1-6-14-30-23(21-13-12-19(2)15-22(21)26)16-24(25(3,4)5)29-18-28(17-27-29)20-10-8-7-9-11-20/h1,12-13,15,20,23-24,27H,7-11,14,16-18H2,2-5H3. The van der Waals surface area contributed by atoms with Crippen molar-refractivity contribution in [3.05, 3.63) is 34.3 Å². The fourth-order valence-electron chi connectivity index (χ4n) is 4.85. The maximum absolute atomic E-state index is 6.62. The molecule has 4 nitrogen and oxygen atoms in total. The van der Waals surface area contributed by atoms with Gasteiger partial charge in [-0.05, 0) is 48.8 Å². The molecule has 0 spiro atoms. The zero-order valence-electron chi connectivity index (χ0n) is 19.1. The molecular weight excluding hydrogens is 394 g/mol. The minimum atomic E-state index is -0.135. The highest BCUT2D eigenvalue weighted by molar-refractivity contribution is 6.31. The third kappa shape index (κ3) is 5.99. The summed E-state index contributed by atoms with van der Waals surface area (Å²) in [6, 6.07) is 7.18. The molecule has 3 rings (SSSR count). The van der Waals surface area contributed by atoms with Gasteiger partial charge < -0.3 is 4.74 Å². The molecule has 2 atom stereocenters.